The summed E-state index contributed by atoms with van der Waals surface area (Å²) in [7, 11) is 1.51. The second-order valence-electron chi connectivity index (χ2n) is 6.93. The molecule has 2 aromatic rings. The van der Waals surface area contributed by atoms with Crippen molar-refractivity contribution in [3.8, 4) is 5.88 Å². The van der Waals surface area contributed by atoms with Gasteiger partial charge >= 0.3 is 0 Å². The van der Waals surface area contributed by atoms with Crippen LogP contribution in [0.15, 0.2) is 42.6 Å². The standard InChI is InChI=1S/C21H26FN3O2/c1-27-21-19(3-2-11-23-21)20(26)24-15-17-9-13-25(14-10-17)12-8-16-4-6-18(22)7-5-16/h2-7,11,17H,8-10,12-15H2,1H3,(H,24,26). The van der Waals surface area contributed by atoms with E-state index < -0.39 is 0 Å². The van der Waals surface area contributed by atoms with Crippen LogP contribution in [0, 0.1) is 11.7 Å². The molecule has 1 amide bonds. The lowest BCUT2D eigenvalue weighted by Gasteiger charge is -2.32. The van der Waals surface area contributed by atoms with Crippen molar-refractivity contribution < 1.29 is 13.9 Å². The van der Waals surface area contributed by atoms with E-state index in [0.717, 1.165) is 44.5 Å². The number of piperidine rings is 1. The SMILES string of the molecule is COc1ncccc1C(=O)NCC1CCN(CCc2ccc(F)cc2)CC1. The zero-order chi connectivity index (χ0) is 19.1. The topological polar surface area (TPSA) is 54.5 Å². The van der Waals surface area contributed by atoms with E-state index in [1.807, 2.05) is 12.1 Å². The highest BCUT2D eigenvalue weighted by atomic mass is 19.1. The minimum Gasteiger partial charge on any atom is -0.480 e. The number of amides is 1. The Kier molecular flexibility index (Phi) is 6.76. The Balaban J connectivity index is 1.39. The van der Waals surface area contributed by atoms with Crippen LogP contribution in [0.1, 0.15) is 28.8 Å². The number of likely N-dealkylation sites (tertiary alicyclic amines) is 1. The first kappa shape index (κ1) is 19.3. The Morgan fingerprint density at radius 1 is 1.26 bits per heavy atom. The van der Waals surface area contributed by atoms with E-state index in [9.17, 15) is 9.18 Å². The highest BCUT2D eigenvalue weighted by Crippen LogP contribution is 2.18. The van der Waals surface area contributed by atoms with Gasteiger partial charge in [-0.05, 0) is 68.1 Å². The zero-order valence-corrected chi connectivity index (χ0v) is 15.7. The lowest BCUT2D eigenvalue weighted by Crippen LogP contribution is -2.39. The molecule has 1 fully saturated rings. The molecule has 2 heterocycles. The number of hydrogen-bond donors (Lipinski definition) is 1. The van der Waals surface area contributed by atoms with E-state index in [1.165, 1.54) is 19.2 Å². The van der Waals surface area contributed by atoms with Gasteiger partial charge in [0.2, 0.25) is 5.88 Å². The molecule has 5 nitrogen and oxygen atoms in total. The molecule has 0 atom stereocenters. The second kappa shape index (κ2) is 9.46. The summed E-state index contributed by atoms with van der Waals surface area (Å²) in [4.78, 5) is 18.8. The van der Waals surface area contributed by atoms with Crippen molar-refractivity contribution >= 4 is 5.91 Å². The number of benzene rings is 1. The largest absolute Gasteiger partial charge is 0.480 e. The summed E-state index contributed by atoms with van der Waals surface area (Å²) in [5, 5.41) is 3.01. The fourth-order valence-electron chi connectivity index (χ4n) is 3.41. The van der Waals surface area contributed by atoms with Gasteiger partial charge in [-0.2, -0.15) is 0 Å². The number of hydrogen-bond acceptors (Lipinski definition) is 4. The highest BCUT2D eigenvalue weighted by Gasteiger charge is 2.20. The van der Waals surface area contributed by atoms with Crippen molar-refractivity contribution in [2.24, 2.45) is 5.92 Å². The summed E-state index contributed by atoms with van der Waals surface area (Å²) in [6.45, 7) is 3.70. The normalized spacial score (nSPS) is 15.5. The Morgan fingerprint density at radius 2 is 2.00 bits per heavy atom. The maximum atomic E-state index is 13.0. The van der Waals surface area contributed by atoms with Crippen LogP contribution in [-0.4, -0.2) is 49.1 Å². The number of halogens is 1. The van der Waals surface area contributed by atoms with Gasteiger partial charge in [0, 0.05) is 19.3 Å². The first-order valence-electron chi connectivity index (χ1n) is 9.39. The number of nitrogens with one attached hydrogen (secondary N) is 1. The molecule has 1 aromatic heterocycles. The molecule has 0 saturated carbocycles. The molecule has 0 spiro atoms. The van der Waals surface area contributed by atoms with Gasteiger partial charge in [0.25, 0.3) is 5.91 Å². The average molecular weight is 371 g/mol. The number of nitrogens with zero attached hydrogens (tertiary/aromatic N) is 2. The van der Waals surface area contributed by atoms with Gasteiger partial charge in [-0.25, -0.2) is 9.37 Å². The van der Waals surface area contributed by atoms with E-state index in [-0.39, 0.29) is 11.7 Å². The second-order valence-corrected chi connectivity index (χ2v) is 6.93. The van der Waals surface area contributed by atoms with Crippen LogP contribution in [-0.2, 0) is 6.42 Å². The molecule has 6 heteroatoms. The van der Waals surface area contributed by atoms with Crippen LogP contribution in [0.25, 0.3) is 0 Å². The monoisotopic (exact) mass is 371 g/mol. The molecule has 0 aliphatic carbocycles. The predicted molar refractivity (Wildman–Crippen MR) is 102 cm³/mol. The molecular weight excluding hydrogens is 345 g/mol. The fraction of sp³-hybridized carbons (Fsp3) is 0.429. The lowest BCUT2D eigenvalue weighted by atomic mass is 9.96. The Bertz CT molecular complexity index is 743. The number of aromatic nitrogens is 1. The molecule has 144 valence electrons. The first-order valence-corrected chi connectivity index (χ1v) is 9.39. The summed E-state index contributed by atoms with van der Waals surface area (Å²) in [5.74, 6) is 0.508. The number of pyridine rings is 1. The zero-order valence-electron chi connectivity index (χ0n) is 15.7. The smallest absolute Gasteiger partial charge is 0.256 e. The first-order chi connectivity index (χ1) is 13.2. The van der Waals surface area contributed by atoms with Crippen LogP contribution in [0.2, 0.25) is 0 Å². The molecule has 1 aromatic carbocycles. The van der Waals surface area contributed by atoms with E-state index in [1.54, 1.807) is 18.3 Å². The third kappa shape index (κ3) is 5.50. The van der Waals surface area contributed by atoms with Crippen molar-refractivity contribution in [2.75, 3.05) is 33.3 Å². The molecule has 1 aliphatic heterocycles. The minimum atomic E-state index is -0.189. The number of rotatable bonds is 7. The highest BCUT2D eigenvalue weighted by molar-refractivity contribution is 5.96. The van der Waals surface area contributed by atoms with Crippen LogP contribution in [0.3, 0.4) is 0 Å². The van der Waals surface area contributed by atoms with Gasteiger partial charge in [-0.3, -0.25) is 4.79 Å². The third-order valence-electron chi connectivity index (χ3n) is 5.10. The van der Waals surface area contributed by atoms with Gasteiger partial charge in [0.15, 0.2) is 0 Å². The molecule has 1 saturated heterocycles. The summed E-state index contributed by atoms with van der Waals surface area (Å²) in [6, 6.07) is 10.2. The van der Waals surface area contributed by atoms with Crippen molar-refractivity contribution in [2.45, 2.75) is 19.3 Å². The van der Waals surface area contributed by atoms with Gasteiger partial charge < -0.3 is 15.0 Å². The molecule has 0 radical (unpaired) electrons. The van der Waals surface area contributed by atoms with Crippen LogP contribution < -0.4 is 10.1 Å². The molecule has 3 rings (SSSR count). The number of ether oxygens (including phenoxy) is 1. The van der Waals surface area contributed by atoms with Crippen molar-refractivity contribution in [1.82, 2.24) is 15.2 Å². The Morgan fingerprint density at radius 3 is 2.70 bits per heavy atom. The Hall–Kier alpha value is -2.47. The third-order valence-corrected chi connectivity index (χ3v) is 5.10. The summed E-state index contributed by atoms with van der Waals surface area (Å²) in [5.41, 5.74) is 1.63. The lowest BCUT2D eigenvalue weighted by molar-refractivity contribution is 0.0932. The molecule has 27 heavy (non-hydrogen) atoms. The van der Waals surface area contributed by atoms with E-state index >= 15 is 0 Å². The quantitative estimate of drug-likeness (QED) is 0.813. The molecule has 1 N–H and O–H groups in total. The minimum absolute atomic E-state index is 0.140. The fourth-order valence-corrected chi connectivity index (χ4v) is 3.41. The maximum Gasteiger partial charge on any atom is 0.256 e. The summed E-state index contributed by atoms with van der Waals surface area (Å²) < 4.78 is 18.1. The van der Waals surface area contributed by atoms with E-state index in [4.69, 9.17) is 4.74 Å². The van der Waals surface area contributed by atoms with Gasteiger partial charge in [0.05, 0.1) is 7.11 Å². The molecule has 1 aliphatic rings. The molecular formula is C21H26FN3O2. The number of carbonyl (C=O) groups excluding carboxylic acids is 1. The van der Waals surface area contributed by atoms with Gasteiger partial charge in [-0.15, -0.1) is 0 Å². The molecule has 0 unspecified atom stereocenters. The van der Waals surface area contributed by atoms with Crippen molar-refractivity contribution in [1.29, 1.82) is 0 Å². The number of methoxy groups -OCH3 is 1. The van der Waals surface area contributed by atoms with Gasteiger partial charge in [-0.1, -0.05) is 12.1 Å². The summed E-state index contributed by atoms with van der Waals surface area (Å²) >= 11 is 0. The number of carbonyl (C=O) groups is 1. The van der Waals surface area contributed by atoms with Crippen LogP contribution in [0.5, 0.6) is 5.88 Å². The van der Waals surface area contributed by atoms with E-state index in [2.05, 4.69) is 15.2 Å². The van der Waals surface area contributed by atoms with Crippen LogP contribution >= 0.6 is 0 Å². The van der Waals surface area contributed by atoms with Gasteiger partial charge in [0.1, 0.15) is 11.4 Å². The maximum absolute atomic E-state index is 13.0. The summed E-state index contributed by atoms with van der Waals surface area (Å²) in [6.07, 6.45) is 4.67. The molecule has 0 bridgehead atoms. The van der Waals surface area contributed by atoms with Crippen molar-refractivity contribution in [3.63, 3.8) is 0 Å². The van der Waals surface area contributed by atoms with E-state index in [0.29, 0.717) is 23.9 Å². The average Bonchev–Trinajstić information content (AvgIpc) is 2.72. The Labute approximate surface area is 159 Å². The van der Waals surface area contributed by atoms with Crippen molar-refractivity contribution in [3.05, 3.63) is 59.5 Å². The van der Waals surface area contributed by atoms with Crippen LogP contribution in [0.4, 0.5) is 4.39 Å². The predicted octanol–water partition coefficient (Wildman–Crippen LogP) is 2.91.